The van der Waals surface area contributed by atoms with Gasteiger partial charge in [0, 0.05) is 43.3 Å². The van der Waals surface area contributed by atoms with Crippen molar-refractivity contribution in [3.63, 3.8) is 0 Å². The van der Waals surface area contributed by atoms with Crippen molar-refractivity contribution in [2.24, 2.45) is 0 Å². The van der Waals surface area contributed by atoms with Gasteiger partial charge in [-0.2, -0.15) is 13.2 Å². The Labute approximate surface area is 218 Å². The van der Waals surface area contributed by atoms with E-state index in [-0.39, 0.29) is 28.0 Å². The Bertz CT molecular complexity index is 1260. The van der Waals surface area contributed by atoms with Gasteiger partial charge in [-0.1, -0.05) is 41.9 Å². The number of halogens is 4. The second-order valence-electron chi connectivity index (χ2n) is 9.04. The minimum absolute atomic E-state index is 0.0337. The number of anilines is 2. The summed E-state index contributed by atoms with van der Waals surface area (Å²) in [5.41, 5.74) is 1.15. The van der Waals surface area contributed by atoms with Gasteiger partial charge in [-0.25, -0.2) is 4.98 Å². The van der Waals surface area contributed by atoms with E-state index in [0.29, 0.717) is 11.4 Å². The number of benzene rings is 2. The van der Waals surface area contributed by atoms with Crippen molar-refractivity contribution in [1.82, 2.24) is 9.88 Å². The minimum Gasteiger partial charge on any atom is -0.367 e. The first-order chi connectivity index (χ1) is 17.6. The Balaban J connectivity index is 1.42. The summed E-state index contributed by atoms with van der Waals surface area (Å²) in [5.74, 6) is -0.189. The smallest absolute Gasteiger partial charge is 0.367 e. The molecule has 3 N–H and O–H groups in total. The Morgan fingerprint density at radius 2 is 1.76 bits per heavy atom. The molecule has 194 valence electrons. The van der Waals surface area contributed by atoms with E-state index in [9.17, 15) is 18.0 Å². The number of likely N-dealkylation sites (tertiary alicyclic amines) is 1. The van der Waals surface area contributed by atoms with E-state index in [1.54, 1.807) is 6.92 Å². The van der Waals surface area contributed by atoms with Crippen LogP contribution in [0.25, 0.3) is 0 Å². The highest BCUT2D eigenvalue weighted by molar-refractivity contribution is 6.38. The number of rotatable bonds is 7. The number of nitrogens with one attached hydrogen (secondary N) is 3. The first-order valence-electron chi connectivity index (χ1n) is 11.9. The highest BCUT2D eigenvalue weighted by Gasteiger charge is 2.30. The molecule has 0 aliphatic carbocycles. The normalized spacial score (nSPS) is 14.8. The molecule has 0 spiro atoms. The first kappa shape index (κ1) is 26.6. The highest BCUT2D eigenvalue weighted by atomic mass is 35.5. The molecule has 0 saturated carbocycles. The molecule has 1 fully saturated rings. The van der Waals surface area contributed by atoms with Crippen LogP contribution in [0.4, 0.5) is 24.7 Å². The van der Waals surface area contributed by atoms with Crippen LogP contribution in [0.3, 0.4) is 0 Å². The maximum atomic E-state index is 12.8. The second kappa shape index (κ2) is 11.3. The minimum atomic E-state index is -4.46. The van der Waals surface area contributed by atoms with Crippen LogP contribution in [0.15, 0.2) is 60.8 Å². The number of aromatic nitrogens is 1. The summed E-state index contributed by atoms with van der Waals surface area (Å²) in [6, 6.07) is 14.6. The number of hydrogen-bond donors (Lipinski definition) is 3. The number of amides is 1. The van der Waals surface area contributed by atoms with Crippen LogP contribution in [-0.4, -0.2) is 40.6 Å². The van der Waals surface area contributed by atoms with Crippen molar-refractivity contribution < 1.29 is 18.0 Å². The number of hydrogen-bond acceptors (Lipinski definition) is 5. The summed E-state index contributed by atoms with van der Waals surface area (Å²) in [7, 11) is 0. The molecular formula is C27H27ClF3N5O. The van der Waals surface area contributed by atoms with Crippen LogP contribution in [0.1, 0.15) is 46.8 Å². The largest absolute Gasteiger partial charge is 0.416 e. The van der Waals surface area contributed by atoms with E-state index in [2.05, 4.69) is 32.7 Å². The van der Waals surface area contributed by atoms with E-state index in [1.807, 2.05) is 18.2 Å². The number of nitrogens with zero attached hydrogens (tertiary/aromatic N) is 2. The molecule has 1 saturated heterocycles. The molecule has 6 nitrogen and oxygen atoms in total. The third-order valence-electron chi connectivity index (χ3n) is 6.28. The van der Waals surface area contributed by atoms with Crippen LogP contribution < -0.4 is 10.6 Å². The molecule has 2 heterocycles. The molecule has 3 aromatic rings. The van der Waals surface area contributed by atoms with Gasteiger partial charge in [0.25, 0.3) is 5.91 Å². The summed E-state index contributed by atoms with van der Waals surface area (Å²) >= 11 is 6.55. The topological polar surface area (TPSA) is 81.1 Å². The maximum absolute atomic E-state index is 12.8. The standard InChI is InChI=1S/C27H27ClF3N5O/c1-17(32)23-24(28)22(26(37)35-20-9-7-19(8-10-20)27(29,30)31)15-33-25(23)34-21-11-13-36(14-12-21)16-18-5-3-2-4-6-18/h2-10,15,21,32H,11-14,16H2,1H3,(H,33,34)(H,35,37). The molecule has 2 aromatic carbocycles. The SMILES string of the molecule is CC(=N)c1c(NC2CCN(Cc3ccccc3)CC2)ncc(C(=O)Nc2ccc(C(F)(F)F)cc2)c1Cl. The van der Waals surface area contributed by atoms with Crippen LogP contribution in [0, 0.1) is 5.41 Å². The van der Waals surface area contributed by atoms with E-state index in [1.165, 1.54) is 23.9 Å². The lowest BCUT2D eigenvalue weighted by Gasteiger charge is -2.33. The number of alkyl halides is 3. The zero-order valence-electron chi connectivity index (χ0n) is 20.2. The number of pyridine rings is 1. The van der Waals surface area contributed by atoms with E-state index in [0.717, 1.165) is 44.6 Å². The van der Waals surface area contributed by atoms with Crippen molar-refractivity contribution in [3.8, 4) is 0 Å². The third-order valence-corrected chi connectivity index (χ3v) is 6.68. The lowest BCUT2D eigenvalue weighted by atomic mass is 10.0. The Morgan fingerprint density at radius 1 is 1.11 bits per heavy atom. The van der Waals surface area contributed by atoms with Crippen LogP contribution >= 0.6 is 11.6 Å². The van der Waals surface area contributed by atoms with Crippen LogP contribution in [0.2, 0.25) is 5.02 Å². The lowest BCUT2D eigenvalue weighted by Crippen LogP contribution is -2.39. The summed E-state index contributed by atoms with van der Waals surface area (Å²) in [5, 5.41) is 14.2. The fourth-order valence-corrected chi connectivity index (χ4v) is 4.68. The summed E-state index contributed by atoms with van der Waals surface area (Å²) in [6.07, 6.45) is -1.37. The van der Waals surface area contributed by atoms with Crippen molar-refractivity contribution in [2.75, 3.05) is 23.7 Å². The average molecular weight is 530 g/mol. The number of carbonyl (C=O) groups excluding carboxylic acids is 1. The average Bonchev–Trinajstić information content (AvgIpc) is 2.85. The summed E-state index contributed by atoms with van der Waals surface area (Å²) in [4.78, 5) is 19.6. The monoisotopic (exact) mass is 529 g/mol. The van der Waals surface area contributed by atoms with E-state index < -0.39 is 17.6 Å². The molecule has 10 heteroatoms. The number of piperidine rings is 1. The highest BCUT2D eigenvalue weighted by Crippen LogP contribution is 2.31. The van der Waals surface area contributed by atoms with Crippen LogP contribution in [-0.2, 0) is 12.7 Å². The predicted octanol–water partition coefficient (Wildman–Crippen LogP) is 6.47. The van der Waals surface area contributed by atoms with Gasteiger partial charge in [0.1, 0.15) is 5.82 Å². The van der Waals surface area contributed by atoms with Gasteiger partial charge in [0.2, 0.25) is 0 Å². The zero-order chi connectivity index (χ0) is 26.6. The quantitative estimate of drug-likeness (QED) is 0.306. The van der Waals surface area contributed by atoms with Gasteiger partial charge >= 0.3 is 6.18 Å². The second-order valence-corrected chi connectivity index (χ2v) is 9.42. The maximum Gasteiger partial charge on any atom is 0.416 e. The summed E-state index contributed by atoms with van der Waals surface area (Å²) in [6.45, 7) is 4.28. The van der Waals surface area contributed by atoms with Crippen molar-refractivity contribution in [3.05, 3.63) is 88.1 Å². The lowest BCUT2D eigenvalue weighted by molar-refractivity contribution is -0.137. The fourth-order valence-electron chi connectivity index (χ4n) is 4.31. The van der Waals surface area contributed by atoms with Gasteiger partial charge in [-0.05, 0) is 49.6 Å². The zero-order valence-corrected chi connectivity index (χ0v) is 21.0. The molecule has 1 amide bonds. The first-order valence-corrected chi connectivity index (χ1v) is 12.2. The van der Waals surface area contributed by atoms with Crippen molar-refractivity contribution in [1.29, 1.82) is 5.41 Å². The molecule has 4 rings (SSSR count). The van der Waals surface area contributed by atoms with E-state index >= 15 is 0 Å². The molecule has 0 unspecified atom stereocenters. The molecule has 0 atom stereocenters. The van der Waals surface area contributed by atoms with E-state index in [4.69, 9.17) is 17.0 Å². The Morgan fingerprint density at radius 3 is 2.35 bits per heavy atom. The predicted molar refractivity (Wildman–Crippen MR) is 140 cm³/mol. The molecule has 1 aliphatic rings. The molecular weight excluding hydrogens is 503 g/mol. The molecule has 1 aliphatic heterocycles. The van der Waals surface area contributed by atoms with Gasteiger partial charge in [-0.3, -0.25) is 9.69 Å². The molecule has 0 radical (unpaired) electrons. The van der Waals surface area contributed by atoms with Gasteiger partial charge in [0.05, 0.1) is 21.7 Å². The van der Waals surface area contributed by atoms with Gasteiger partial charge < -0.3 is 16.0 Å². The van der Waals surface area contributed by atoms with Crippen molar-refractivity contribution in [2.45, 2.75) is 38.5 Å². The van der Waals surface area contributed by atoms with Gasteiger partial charge in [-0.15, -0.1) is 0 Å². The molecule has 37 heavy (non-hydrogen) atoms. The van der Waals surface area contributed by atoms with Crippen LogP contribution in [0.5, 0.6) is 0 Å². The molecule has 0 bridgehead atoms. The number of carbonyl (C=O) groups is 1. The summed E-state index contributed by atoms with van der Waals surface area (Å²) < 4.78 is 38.4. The Kier molecular flexibility index (Phi) is 8.14. The third kappa shape index (κ3) is 6.67. The van der Waals surface area contributed by atoms with Crippen molar-refractivity contribution >= 4 is 34.7 Å². The fraction of sp³-hybridized carbons (Fsp3) is 0.296. The van der Waals surface area contributed by atoms with Gasteiger partial charge in [0.15, 0.2) is 0 Å². The molecule has 1 aromatic heterocycles. The Hall–Kier alpha value is -3.43.